The zero-order valence-electron chi connectivity index (χ0n) is 8.29. The summed E-state index contributed by atoms with van der Waals surface area (Å²) in [5, 5.41) is 9.95. The Balaban J connectivity index is 2.44. The van der Waals surface area contributed by atoms with Gasteiger partial charge in [-0.05, 0) is 12.1 Å². The van der Waals surface area contributed by atoms with Crippen molar-refractivity contribution in [3.8, 4) is 0 Å². The van der Waals surface area contributed by atoms with Crippen molar-refractivity contribution in [1.29, 1.82) is 0 Å². The van der Waals surface area contributed by atoms with Gasteiger partial charge in [-0.25, -0.2) is 9.78 Å². The molecule has 3 rings (SSSR count). The zero-order chi connectivity index (χ0) is 11.1. The lowest BCUT2D eigenvalue weighted by Gasteiger charge is -1.98. The summed E-state index contributed by atoms with van der Waals surface area (Å²) in [7, 11) is 0. The number of carboxylic acid groups (broad SMARTS) is 1. The van der Waals surface area contributed by atoms with Crippen molar-refractivity contribution < 1.29 is 9.90 Å². The fourth-order valence-electron chi connectivity index (χ4n) is 1.84. The molecule has 2 aromatic heterocycles. The van der Waals surface area contributed by atoms with E-state index in [1.54, 1.807) is 12.4 Å². The van der Waals surface area contributed by atoms with Crippen molar-refractivity contribution in [2.45, 2.75) is 0 Å². The van der Waals surface area contributed by atoms with E-state index in [2.05, 4.69) is 4.98 Å². The normalized spacial score (nSPS) is 11.0. The summed E-state index contributed by atoms with van der Waals surface area (Å²) < 4.78 is 1.84. The monoisotopic (exact) mass is 212 g/mol. The fraction of sp³-hybridized carbons (Fsp3) is 0. The minimum absolute atomic E-state index is 0.0499. The van der Waals surface area contributed by atoms with E-state index in [9.17, 15) is 4.79 Å². The standard InChI is InChI=1S/C12H8N2O2/c15-12(16)10-7-14-9(6-13-10)5-8-3-1-2-4-11(8)14/h1-7H,(H,15,16). The summed E-state index contributed by atoms with van der Waals surface area (Å²) in [5.41, 5.74) is 1.93. The van der Waals surface area contributed by atoms with Crippen LogP contribution >= 0.6 is 0 Å². The van der Waals surface area contributed by atoms with Gasteiger partial charge in [0.1, 0.15) is 0 Å². The average molecular weight is 212 g/mol. The van der Waals surface area contributed by atoms with Crippen LogP contribution in [0.3, 0.4) is 0 Å². The number of rotatable bonds is 1. The number of para-hydroxylation sites is 1. The highest BCUT2D eigenvalue weighted by Crippen LogP contribution is 2.19. The molecule has 0 atom stereocenters. The van der Waals surface area contributed by atoms with Gasteiger partial charge in [0.25, 0.3) is 0 Å². The maximum absolute atomic E-state index is 10.8. The summed E-state index contributed by atoms with van der Waals surface area (Å²) in [6.45, 7) is 0. The predicted octanol–water partition coefficient (Wildman–Crippen LogP) is 2.19. The highest BCUT2D eigenvalue weighted by Gasteiger charge is 2.07. The van der Waals surface area contributed by atoms with Crippen LogP contribution in [0.1, 0.15) is 10.5 Å². The Hall–Kier alpha value is -2.36. The molecule has 2 heterocycles. The van der Waals surface area contributed by atoms with Gasteiger partial charge in [-0.2, -0.15) is 0 Å². The highest BCUT2D eigenvalue weighted by atomic mass is 16.4. The van der Waals surface area contributed by atoms with E-state index in [4.69, 9.17) is 5.11 Å². The maximum atomic E-state index is 10.8. The van der Waals surface area contributed by atoms with Crippen molar-refractivity contribution in [3.63, 3.8) is 0 Å². The number of aromatic carboxylic acids is 1. The Morgan fingerprint density at radius 3 is 2.94 bits per heavy atom. The first kappa shape index (κ1) is 8.91. The van der Waals surface area contributed by atoms with Gasteiger partial charge in [-0.3, -0.25) is 0 Å². The van der Waals surface area contributed by atoms with Gasteiger partial charge in [0.05, 0.1) is 17.2 Å². The van der Waals surface area contributed by atoms with Crippen LogP contribution in [0.2, 0.25) is 0 Å². The Kier molecular flexibility index (Phi) is 1.71. The zero-order valence-corrected chi connectivity index (χ0v) is 8.29. The van der Waals surface area contributed by atoms with Crippen molar-refractivity contribution in [1.82, 2.24) is 9.38 Å². The Morgan fingerprint density at radius 1 is 1.31 bits per heavy atom. The molecule has 0 radical (unpaired) electrons. The lowest BCUT2D eigenvalue weighted by Crippen LogP contribution is -2.01. The quantitative estimate of drug-likeness (QED) is 0.672. The van der Waals surface area contributed by atoms with Gasteiger partial charge in [-0.15, -0.1) is 0 Å². The van der Waals surface area contributed by atoms with Crippen LogP contribution in [0.25, 0.3) is 16.4 Å². The molecule has 1 N–H and O–H groups in total. The smallest absolute Gasteiger partial charge is 0.356 e. The number of aromatic nitrogens is 2. The molecule has 0 unspecified atom stereocenters. The van der Waals surface area contributed by atoms with Crippen LogP contribution in [0.5, 0.6) is 0 Å². The minimum Gasteiger partial charge on any atom is -0.476 e. The summed E-state index contributed by atoms with van der Waals surface area (Å²) in [5.74, 6) is -1.01. The Labute approximate surface area is 90.8 Å². The second kappa shape index (κ2) is 3.06. The molecule has 1 aromatic carbocycles. The van der Waals surface area contributed by atoms with Gasteiger partial charge in [-0.1, -0.05) is 18.2 Å². The molecule has 0 bridgehead atoms. The molecule has 0 aliphatic rings. The number of fused-ring (bicyclic) bond motifs is 3. The first-order valence-electron chi connectivity index (χ1n) is 4.85. The molecule has 0 fully saturated rings. The van der Waals surface area contributed by atoms with E-state index in [0.29, 0.717) is 0 Å². The van der Waals surface area contributed by atoms with Crippen molar-refractivity contribution in [3.05, 3.63) is 48.4 Å². The van der Waals surface area contributed by atoms with Gasteiger partial charge >= 0.3 is 5.97 Å². The van der Waals surface area contributed by atoms with E-state index in [-0.39, 0.29) is 5.69 Å². The first-order chi connectivity index (χ1) is 7.75. The van der Waals surface area contributed by atoms with Crippen LogP contribution < -0.4 is 0 Å². The summed E-state index contributed by atoms with van der Waals surface area (Å²) in [4.78, 5) is 14.7. The number of hydrogen-bond acceptors (Lipinski definition) is 2. The number of carboxylic acids is 1. The number of hydrogen-bond donors (Lipinski definition) is 1. The molecular formula is C12H8N2O2. The molecule has 0 saturated heterocycles. The second-order valence-electron chi connectivity index (χ2n) is 3.58. The summed E-state index contributed by atoms with van der Waals surface area (Å²) in [6.07, 6.45) is 3.11. The highest BCUT2D eigenvalue weighted by molar-refractivity contribution is 5.89. The number of nitrogens with zero attached hydrogens (tertiary/aromatic N) is 2. The van der Waals surface area contributed by atoms with Gasteiger partial charge in [0.2, 0.25) is 0 Å². The topological polar surface area (TPSA) is 54.6 Å². The number of benzene rings is 1. The lowest BCUT2D eigenvalue weighted by molar-refractivity contribution is 0.0690. The van der Waals surface area contributed by atoms with Crippen LogP contribution in [0, 0.1) is 0 Å². The molecular weight excluding hydrogens is 204 g/mol. The molecule has 0 amide bonds. The third-order valence-electron chi connectivity index (χ3n) is 2.58. The van der Waals surface area contributed by atoms with Gasteiger partial charge in [0, 0.05) is 11.6 Å². The minimum atomic E-state index is -1.01. The summed E-state index contributed by atoms with van der Waals surface area (Å²) >= 11 is 0. The molecule has 0 aliphatic carbocycles. The van der Waals surface area contributed by atoms with Crippen LogP contribution in [-0.2, 0) is 0 Å². The lowest BCUT2D eigenvalue weighted by atomic mass is 10.2. The van der Waals surface area contributed by atoms with E-state index in [1.807, 2.05) is 34.7 Å². The Morgan fingerprint density at radius 2 is 2.12 bits per heavy atom. The van der Waals surface area contributed by atoms with E-state index in [1.165, 1.54) is 0 Å². The third-order valence-corrected chi connectivity index (χ3v) is 2.58. The SMILES string of the molecule is O=C(O)c1cn2c(cn1)cc1ccccc12. The second-order valence-corrected chi connectivity index (χ2v) is 3.58. The molecule has 3 aromatic rings. The number of carbonyl (C=O) groups is 1. The molecule has 0 spiro atoms. The van der Waals surface area contributed by atoms with Crippen LogP contribution in [-0.4, -0.2) is 20.5 Å². The summed E-state index contributed by atoms with van der Waals surface area (Å²) in [6, 6.07) is 9.80. The first-order valence-corrected chi connectivity index (χ1v) is 4.85. The average Bonchev–Trinajstić information content (AvgIpc) is 2.66. The van der Waals surface area contributed by atoms with Gasteiger partial charge < -0.3 is 9.51 Å². The van der Waals surface area contributed by atoms with E-state index in [0.717, 1.165) is 16.4 Å². The molecule has 0 aliphatic heterocycles. The molecule has 0 saturated carbocycles. The van der Waals surface area contributed by atoms with E-state index >= 15 is 0 Å². The van der Waals surface area contributed by atoms with E-state index < -0.39 is 5.97 Å². The molecule has 78 valence electrons. The molecule has 4 heteroatoms. The van der Waals surface area contributed by atoms with Crippen LogP contribution in [0.15, 0.2) is 42.7 Å². The fourth-order valence-corrected chi connectivity index (χ4v) is 1.84. The van der Waals surface area contributed by atoms with Crippen molar-refractivity contribution in [2.75, 3.05) is 0 Å². The van der Waals surface area contributed by atoms with Gasteiger partial charge in [0.15, 0.2) is 5.69 Å². The molecule has 16 heavy (non-hydrogen) atoms. The Bertz CT molecular complexity index is 700. The third kappa shape index (κ3) is 1.16. The van der Waals surface area contributed by atoms with Crippen molar-refractivity contribution in [2.24, 2.45) is 0 Å². The molecule has 4 nitrogen and oxygen atoms in total. The van der Waals surface area contributed by atoms with Crippen molar-refractivity contribution >= 4 is 22.4 Å². The largest absolute Gasteiger partial charge is 0.476 e. The van der Waals surface area contributed by atoms with Crippen LogP contribution in [0.4, 0.5) is 0 Å². The predicted molar refractivity (Wildman–Crippen MR) is 59.7 cm³/mol. The maximum Gasteiger partial charge on any atom is 0.356 e.